The van der Waals surface area contributed by atoms with Crippen LogP contribution in [0, 0.1) is 6.92 Å². The SMILES string of the molecule is Cc1nc(Br)ncc1C=O. The number of rotatable bonds is 1. The first-order chi connectivity index (χ1) is 4.74. The molecular weight excluding hydrogens is 196 g/mol. The summed E-state index contributed by atoms with van der Waals surface area (Å²) in [6.45, 7) is 1.76. The van der Waals surface area contributed by atoms with Gasteiger partial charge in [0.05, 0.1) is 11.3 Å². The number of carbonyl (C=O) groups is 1. The van der Waals surface area contributed by atoms with Gasteiger partial charge in [0.1, 0.15) is 0 Å². The first-order valence-corrected chi connectivity index (χ1v) is 3.47. The highest BCUT2D eigenvalue weighted by molar-refractivity contribution is 9.10. The number of halogens is 1. The largest absolute Gasteiger partial charge is 0.298 e. The van der Waals surface area contributed by atoms with Crippen molar-refractivity contribution in [3.63, 3.8) is 0 Å². The molecule has 1 heterocycles. The molecule has 4 heteroatoms. The van der Waals surface area contributed by atoms with E-state index in [1.165, 1.54) is 6.20 Å². The third-order valence-corrected chi connectivity index (χ3v) is 1.50. The van der Waals surface area contributed by atoms with Gasteiger partial charge in [-0.2, -0.15) is 0 Å². The standard InChI is InChI=1S/C6H5BrN2O/c1-4-5(3-10)2-8-6(7)9-4/h2-3H,1H3. The Morgan fingerprint density at radius 1 is 1.70 bits per heavy atom. The number of aromatic nitrogens is 2. The van der Waals surface area contributed by atoms with Gasteiger partial charge >= 0.3 is 0 Å². The van der Waals surface area contributed by atoms with E-state index in [1.807, 2.05) is 0 Å². The van der Waals surface area contributed by atoms with Gasteiger partial charge in [0, 0.05) is 6.20 Å². The second-order valence-corrected chi connectivity index (χ2v) is 2.51. The number of aldehydes is 1. The van der Waals surface area contributed by atoms with Gasteiger partial charge in [0.2, 0.25) is 0 Å². The fraction of sp³-hybridized carbons (Fsp3) is 0.167. The van der Waals surface area contributed by atoms with E-state index < -0.39 is 0 Å². The van der Waals surface area contributed by atoms with Gasteiger partial charge in [-0.3, -0.25) is 4.79 Å². The number of carbonyl (C=O) groups excluding carboxylic acids is 1. The Kier molecular flexibility index (Phi) is 2.11. The van der Waals surface area contributed by atoms with E-state index in [9.17, 15) is 4.79 Å². The summed E-state index contributed by atoms with van der Waals surface area (Å²) in [4.78, 5) is 17.9. The van der Waals surface area contributed by atoms with Crippen LogP contribution in [0.25, 0.3) is 0 Å². The lowest BCUT2D eigenvalue weighted by molar-refractivity contribution is 0.112. The Hall–Kier alpha value is -0.770. The third-order valence-electron chi connectivity index (χ3n) is 1.11. The van der Waals surface area contributed by atoms with Crippen LogP contribution in [-0.4, -0.2) is 16.3 Å². The zero-order valence-corrected chi connectivity index (χ0v) is 6.92. The van der Waals surface area contributed by atoms with Crippen molar-refractivity contribution in [1.82, 2.24) is 9.97 Å². The van der Waals surface area contributed by atoms with Gasteiger partial charge < -0.3 is 0 Å². The average Bonchev–Trinajstić information content (AvgIpc) is 1.88. The molecule has 0 saturated heterocycles. The Morgan fingerprint density at radius 2 is 2.40 bits per heavy atom. The number of hydrogen-bond acceptors (Lipinski definition) is 3. The smallest absolute Gasteiger partial charge is 0.196 e. The van der Waals surface area contributed by atoms with Gasteiger partial charge in [-0.1, -0.05) is 0 Å². The molecule has 0 amide bonds. The molecule has 0 aliphatic heterocycles. The van der Waals surface area contributed by atoms with Crippen molar-refractivity contribution in [3.8, 4) is 0 Å². The van der Waals surface area contributed by atoms with E-state index in [1.54, 1.807) is 6.92 Å². The predicted molar refractivity (Wildman–Crippen MR) is 39.9 cm³/mol. The van der Waals surface area contributed by atoms with Crippen molar-refractivity contribution in [3.05, 3.63) is 22.2 Å². The monoisotopic (exact) mass is 200 g/mol. The highest BCUT2D eigenvalue weighted by atomic mass is 79.9. The molecule has 0 N–H and O–H groups in total. The van der Waals surface area contributed by atoms with Gasteiger partial charge in [0.15, 0.2) is 11.0 Å². The van der Waals surface area contributed by atoms with Crippen molar-refractivity contribution in [2.45, 2.75) is 6.92 Å². The predicted octanol–water partition coefficient (Wildman–Crippen LogP) is 1.36. The second-order valence-electron chi connectivity index (χ2n) is 1.80. The Balaban J connectivity index is 3.19. The Morgan fingerprint density at radius 3 is 2.90 bits per heavy atom. The summed E-state index contributed by atoms with van der Waals surface area (Å²) in [5.41, 5.74) is 1.22. The summed E-state index contributed by atoms with van der Waals surface area (Å²) < 4.78 is 0.510. The highest BCUT2D eigenvalue weighted by Crippen LogP contribution is 2.04. The molecular formula is C6H5BrN2O. The maximum absolute atomic E-state index is 10.2. The molecule has 0 fully saturated rings. The highest BCUT2D eigenvalue weighted by Gasteiger charge is 1.97. The van der Waals surface area contributed by atoms with Gasteiger partial charge in [-0.15, -0.1) is 0 Å². The van der Waals surface area contributed by atoms with Crippen LogP contribution in [0.4, 0.5) is 0 Å². The molecule has 0 unspecified atom stereocenters. The average molecular weight is 201 g/mol. The summed E-state index contributed by atoms with van der Waals surface area (Å²) in [5, 5.41) is 0. The van der Waals surface area contributed by atoms with Crippen LogP contribution in [0.2, 0.25) is 0 Å². The minimum absolute atomic E-state index is 0.510. The minimum Gasteiger partial charge on any atom is -0.298 e. The number of hydrogen-bond donors (Lipinski definition) is 0. The first-order valence-electron chi connectivity index (χ1n) is 2.68. The van der Waals surface area contributed by atoms with Crippen molar-refractivity contribution >= 4 is 22.2 Å². The van der Waals surface area contributed by atoms with Crippen LogP contribution in [0.1, 0.15) is 16.1 Å². The zero-order chi connectivity index (χ0) is 7.56. The van der Waals surface area contributed by atoms with E-state index in [2.05, 4.69) is 25.9 Å². The number of nitrogens with zero attached hydrogens (tertiary/aromatic N) is 2. The molecule has 0 spiro atoms. The van der Waals surface area contributed by atoms with Crippen molar-refractivity contribution in [2.24, 2.45) is 0 Å². The van der Waals surface area contributed by atoms with Gasteiger partial charge in [0.25, 0.3) is 0 Å². The van der Waals surface area contributed by atoms with E-state index in [4.69, 9.17) is 0 Å². The van der Waals surface area contributed by atoms with Crippen LogP contribution < -0.4 is 0 Å². The normalized spacial score (nSPS) is 9.40. The van der Waals surface area contributed by atoms with Crippen LogP contribution >= 0.6 is 15.9 Å². The summed E-state index contributed by atoms with van der Waals surface area (Å²) >= 11 is 3.09. The van der Waals surface area contributed by atoms with Gasteiger partial charge in [-0.25, -0.2) is 9.97 Å². The van der Waals surface area contributed by atoms with E-state index in [0.29, 0.717) is 16.0 Å². The first kappa shape index (κ1) is 7.34. The van der Waals surface area contributed by atoms with E-state index in [0.717, 1.165) is 6.29 Å². The van der Waals surface area contributed by atoms with Crippen LogP contribution in [0.3, 0.4) is 0 Å². The molecule has 0 aliphatic carbocycles. The molecule has 1 aromatic heterocycles. The van der Waals surface area contributed by atoms with Crippen LogP contribution in [0.5, 0.6) is 0 Å². The lowest BCUT2D eigenvalue weighted by Gasteiger charge is -1.94. The van der Waals surface area contributed by atoms with Crippen molar-refractivity contribution < 1.29 is 4.79 Å². The van der Waals surface area contributed by atoms with E-state index >= 15 is 0 Å². The van der Waals surface area contributed by atoms with Crippen LogP contribution in [-0.2, 0) is 0 Å². The minimum atomic E-state index is 0.510. The quantitative estimate of drug-likeness (QED) is 0.508. The molecule has 1 aromatic rings. The molecule has 0 aliphatic rings. The summed E-state index contributed by atoms with van der Waals surface area (Å²) in [7, 11) is 0. The molecule has 0 aromatic carbocycles. The van der Waals surface area contributed by atoms with Crippen LogP contribution in [0.15, 0.2) is 10.9 Å². The summed E-state index contributed by atoms with van der Waals surface area (Å²) in [6, 6.07) is 0. The molecule has 0 saturated carbocycles. The summed E-state index contributed by atoms with van der Waals surface area (Å²) in [6.07, 6.45) is 2.22. The second kappa shape index (κ2) is 2.88. The maximum Gasteiger partial charge on any atom is 0.196 e. The molecule has 0 bridgehead atoms. The van der Waals surface area contributed by atoms with E-state index in [-0.39, 0.29) is 0 Å². The fourth-order valence-corrected chi connectivity index (χ4v) is 0.932. The Bertz CT molecular complexity index is 262. The zero-order valence-electron chi connectivity index (χ0n) is 5.34. The Labute approximate surface area is 66.6 Å². The van der Waals surface area contributed by atoms with Crippen molar-refractivity contribution in [1.29, 1.82) is 0 Å². The van der Waals surface area contributed by atoms with Gasteiger partial charge in [-0.05, 0) is 22.9 Å². The molecule has 52 valence electrons. The third kappa shape index (κ3) is 1.39. The topological polar surface area (TPSA) is 42.9 Å². The summed E-state index contributed by atoms with van der Waals surface area (Å²) in [5.74, 6) is 0. The lowest BCUT2D eigenvalue weighted by Crippen LogP contribution is -1.92. The molecule has 1 rings (SSSR count). The fourth-order valence-electron chi connectivity index (χ4n) is 0.564. The molecule has 10 heavy (non-hydrogen) atoms. The maximum atomic E-state index is 10.2. The molecule has 0 atom stereocenters. The molecule has 3 nitrogen and oxygen atoms in total. The van der Waals surface area contributed by atoms with Crippen molar-refractivity contribution in [2.75, 3.05) is 0 Å². The molecule has 0 radical (unpaired) electrons. The lowest BCUT2D eigenvalue weighted by atomic mass is 10.3. The number of aryl methyl sites for hydroxylation is 1.